The Morgan fingerprint density at radius 1 is 1.09 bits per heavy atom. The van der Waals surface area contributed by atoms with Crippen LogP contribution in [0.1, 0.15) is 25.8 Å². The Hall–Kier alpha value is -2.36. The number of amides is 2. The van der Waals surface area contributed by atoms with Crippen LogP contribution in [0.25, 0.3) is 0 Å². The van der Waals surface area contributed by atoms with E-state index < -0.39 is 34.3 Å². The van der Waals surface area contributed by atoms with Crippen LogP contribution < -0.4 is 9.62 Å². The predicted molar refractivity (Wildman–Crippen MR) is 128 cm³/mol. The van der Waals surface area contributed by atoms with Gasteiger partial charge in [-0.1, -0.05) is 48.3 Å². The van der Waals surface area contributed by atoms with Gasteiger partial charge in [-0.25, -0.2) is 12.8 Å². The Bertz CT molecular complexity index is 1110. The van der Waals surface area contributed by atoms with E-state index in [1.807, 2.05) is 0 Å². The molecule has 0 bridgehead atoms. The molecule has 180 valence electrons. The van der Waals surface area contributed by atoms with Gasteiger partial charge in [0.1, 0.15) is 18.4 Å². The molecule has 1 N–H and O–H groups in total. The highest BCUT2D eigenvalue weighted by molar-refractivity contribution is 7.92. The number of sulfonamides is 1. The lowest BCUT2D eigenvalue weighted by Crippen LogP contribution is -2.52. The molecule has 0 spiro atoms. The van der Waals surface area contributed by atoms with Crippen molar-refractivity contribution in [1.29, 1.82) is 0 Å². The topological polar surface area (TPSA) is 86.8 Å². The molecule has 0 aliphatic rings. The summed E-state index contributed by atoms with van der Waals surface area (Å²) < 4.78 is 39.4. The maximum atomic E-state index is 13.6. The number of rotatable bonds is 10. The molecule has 7 nitrogen and oxygen atoms in total. The fraction of sp³-hybridized carbons (Fsp3) is 0.364. The molecule has 0 aliphatic heterocycles. The molecule has 2 rings (SSSR count). The van der Waals surface area contributed by atoms with E-state index in [4.69, 9.17) is 23.2 Å². The maximum Gasteiger partial charge on any atom is 0.244 e. The summed E-state index contributed by atoms with van der Waals surface area (Å²) in [5.41, 5.74) is 0.631. The van der Waals surface area contributed by atoms with Crippen molar-refractivity contribution < 1.29 is 22.4 Å². The fourth-order valence-electron chi connectivity index (χ4n) is 3.28. The van der Waals surface area contributed by atoms with Gasteiger partial charge in [-0.15, -0.1) is 0 Å². The van der Waals surface area contributed by atoms with Crippen molar-refractivity contribution in [3.63, 3.8) is 0 Å². The summed E-state index contributed by atoms with van der Waals surface area (Å²) in [6.07, 6.45) is 1.22. The third-order valence-electron chi connectivity index (χ3n) is 4.91. The number of anilines is 1. The molecule has 2 aromatic carbocycles. The van der Waals surface area contributed by atoms with Crippen LogP contribution in [0, 0.1) is 5.82 Å². The molecule has 0 unspecified atom stereocenters. The van der Waals surface area contributed by atoms with E-state index in [0.29, 0.717) is 23.6 Å². The van der Waals surface area contributed by atoms with E-state index in [1.165, 1.54) is 11.0 Å². The molecule has 0 aromatic heterocycles. The van der Waals surface area contributed by atoms with E-state index in [9.17, 15) is 22.4 Å². The number of hydrogen-bond donors (Lipinski definition) is 1. The smallest absolute Gasteiger partial charge is 0.244 e. The third-order valence-corrected chi connectivity index (χ3v) is 6.70. The average Bonchev–Trinajstić information content (AvgIpc) is 2.74. The Labute approximate surface area is 203 Å². The summed E-state index contributed by atoms with van der Waals surface area (Å²) in [7, 11) is -3.94. The van der Waals surface area contributed by atoms with Crippen LogP contribution in [0.2, 0.25) is 10.0 Å². The van der Waals surface area contributed by atoms with Gasteiger partial charge in [0, 0.05) is 18.1 Å². The Morgan fingerprint density at radius 2 is 1.76 bits per heavy atom. The Morgan fingerprint density at radius 3 is 2.30 bits per heavy atom. The van der Waals surface area contributed by atoms with E-state index in [2.05, 4.69) is 5.32 Å². The zero-order chi connectivity index (χ0) is 24.8. The van der Waals surface area contributed by atoms with Gasteiger partial charge in [0.05, 0.1) is 17.0 Å². The lowest BCUT2D eigenvalue weighted by molar-refractivity contribution is -0.140. The normalized spacial score (nSPS) is 12.2. The number of nitrogens with zero attached hydrogens (tertiary/aromatic N) is 2. The summed E-state index contributed by atoms with van der Waals surface area (Å²) in [4.78, 5) is 27.4. The van der Waals surface area contributed by atoms with Gasteiger partial charge in [-0.05, 0) is 43.2 Å². The molecule has 2 amide bonds. The van der Waals surface area contributed by atoms with Gasteiger partial charge in [-0.2, -0.15) is 0 Å². The lowest BCUT2D eigenvalue weighted by atomic mass is 10.1. The molecule has 33 heavy (non-hydrogen) atoms. The second kappa shape index (κ2) is 11.7. The van der Waals surface area contributed by atoms with Crippen molar-refractivity contribution in [2.75, 3.05) is 23.7 Å². The van der Waals surface area contributed by atoms with Gasteiger partial charge < -0.3 is 10.2 Å². The number of carbonyl (C=O) groups is 2. The second-order valence-corrected chi connectivity index (χ2v) is 10.0. The van der Waals surface area contributed by atoms with Crippen molar-refractivity contribution in [2.24, 2.45) is 0 Å². The third kappa shape index (κ3) is 7.06. The first-order valence-corrected chi connectivity index (χ1v) is 12.8. The number of hydrogen-bond acceptors (Lipinski definition) is 4. The van der Waals surface area contributed by atoms with E-state index in [-0.39, 0.29) is 23.2 Å². The van der Waals surface area contributed by atoms with Crippen LogP contribution in [0.3, 0.4) is 0 Å². The van der Waals surface area contributed by atoms with Gasteiger partial charge in [0.25, 0.3) is 0 Å². The SMILES string of the molecule is CCNC(=O)[C@@H](CC)N(Cc1ccccc1Cl)C(=O)CN(c1ccc(F)c(Cl)c1)S(C)(=O)=O. The van der Waals surface area contributed by atoms with Crippen LogP contribution in [0.5, 0.6) is 0 Å². The van der Waals surface area contributed by atoms with Crippen molar-refractivity contribution in [3.05, 3.63) is 63.9 Å². The molecule has 0 radical (unpaired) electrons. The standard InChI is InChI=1S/C22H26Cl2FN3O4S/c1-4-20(22(30)26-5-2)27(13-15-8-6-7-9-17(15)23)21(29)14-28(33(3,31)32)16-10-11-19(25)18(24)12-16/h6-12,20H,4-5,13-14H2,1-3H3,(H,26,30)/t20-/m1/s1. The van der Waals surface area contributed by atoms with Crippen LogP contribution in [0.4, 0.5) is 10.1 Å². The molecular formula is C22H26Cl2FN3O4S. The summed E-state index contributed by atoms with van der Waals surface area (Å²) in [6, 6.07) is 9.39. The van der Waals surface area contributed by atoms with Crippen molar-refractivity contribution in [3.8, 4) is 0 Å². The van der Waals surface area contributed by atoms with Gasteiger partial charge >= 0.3 is 0 Å². The predicted octanol–water partition coefficient (Wildman–Crippen LogP) is 3.84. The van der Waals surface area contributed by atoms with Crippen molar-refractivity contribution >= 4 is 50.7 Å². The van der Waals surface area contributed by atoms with Crippen LogP contribution in [-0.4, -0.2) is 50.5 Å². The molecule has 2 aromatic rings. The van der Waals surface area contributed by atoms with Crippen LogP contribution >= 0.6 is 23.2 Å². The van der Waals surface area contributed by atoms with Crippen LogP contribution in [0.15, 0.2) is 42.5 Å². The molecule has 1 atom stereocenters. The van der Waals surface area contributed by atoms with Gasteiger partial charge in [0.15, 0.2) is 0 Å². The quantitative estimate of drug-likeness (QED) is 0.518. The fourth-order valence-corrected chi connectivity index (χ4v) is 4.49. The molecule has 0 heterocycles. The highest BCUT2D eigenvalue weighted by Crippen LogP contribution is 2.25. The molecule has 0 saturated heterocycles. The monoisotopic (exact) mass is 517 g/mol. The van der Waals surface area contributed by atoms with Crippen LogP contribution in [-0.2, 0) is 26.2 Å². The van der Waals surface area contributed by atoms with E-state index >= 15 is 0 Å². The zero-order valence-electron chi connectivity index (χ0n) is 18.5. The largest absolute Gasteiger partial charge is 0.355 e. The lowest BCUT2D eigenvalue weighted by Gasteiger charge is -2.33. The van der Waals surface area contributed by atoms with Crippen molar-refractivity contribution in [2.45, 2.75) is 32.9 Å². The first-order chi connectivity index (χ1) is 15.5. The molecular weight excluding hydrogens is 492 g/mol. The van der Waals surface area contributed by atoms with E-state index in [0.717, 1.165) is 22.7 Å². The minimum absolute atomic E-state index is 0.00404. The Balaban J connectivity index is 2.47. The summed E-state index contributed by atoms with van der Waals surface area (Å²) >= 11 is 12.1. The van der Waals surface area contributed by atoms with E-state index in [1.54, 1.807) is 38.1 Å². The number of carbonyl (C=O) groups excluding carboxylic acids is 2. The average molecular weight is 518 g/mol. The zero-order valence-corrected chi connectivity index (χ0v) is 20.8. The summed E-state index contributed by atoms with van der Waals surface area (Å²) in [6.45, 7) is 3.26. The second-order valence-electron chi connectivity index (χ2n) is 7.30. The highest BCUT2D eigenvalue weighted by atomic mass is 35.5. The maximum absolute atomic E-state index is 13.6. The van der Waals surface area contributed by atoms with Gasteiger partial charge in [-0.3, -0.25) is 13.9 Å². The number of nitrogens with one attached hydrogen (secondary N) is 1. The minimum atomic E-state index is -3.94. The molecule has 0 aliphatic carbocycles. The first-order valence-electron chi connectivity index (χ1n) is 10.2. The molecule has 0 saturated carbocycles. The Kier molecular flexibility index (Phi) is 9.51. The minimum Gasteiger partial charge on any atom is -0.355 e. The highest BCUT2D eigenvalue weighted by Gasteiger charge is 2.32. The van der Waals surface area contributed by atoms with Gasteiger partial charge in [0.2, 0.25) is 21.8 Å². The summed E-state index contributed by atoms with van der Waals surface area (Å²) in [5, 5.41) is 2.83. The number of likely N-dealkylation sites (N-methyl/N-ethyl adjacent to an activating group) is 1. The van der Waals surface area contributed by atoms with Crippen molar-refractivity contribution in [1.82, 2.24) is 10.2 Å². The first kappa shape index (κ1) is 26.9. The number of benzene rings is 2. The summed E-state index contributed by atoms with van der Waals surface area (Å²) in [5.74, 6) is -1.71. The molecule has 0 fully saturated rings. The molecule has 11 heteroatoms. The number of halogens is 3.